The molecule has 0 aliphatic heterocycles. The minimum Gasteiger partial charge on any atom is -0.0768 e. The second kappa shape index (κ2) is 9.54. The maximum Gasteiger partial charge on any atom is -0.00785 e. The van der Waals surface area contributed by atoms with E-state index in [4.69, 9.17) is 0 Å². The first-order valence-electron chi connectivity index (χ1n) is 14.3. The molecule has 0 amide bonds. The zero-order valence-corrected chi connectivity index (χ0v) is 23.2. The van der Waals surface area contributed by atoms with Crippen molar-refractivity contribution in [3.05, 3.63) is 45.6 Å². The Labute approximate surface area is 206 Å². The normalized spacial score (nSPS) is 31.5. The first-order valence-corrected chi connectivity index (χ1v) is 14.3. The van der Waals surface area contributed by atoms with Crippen molar-refractivity contribution >= 4 is 0 Å². The molecule has 0 saturated heterocycles. The lowest BCUT2D eigenvalue weighted by Gasteiger charge is -2.47. The quantitative estimate of drug-likeness (QED) is 0.401. The van der Waals surface area contributed by atoms with Gasteiger partial charge in [0.05, 0.1) is 0 Å². The highest BCUT2D eigenvalue weighted by Crippen LogP contribution is 2.54. The highest BCUT2D eigenvalue weighted by Gasteiger charge is 2.42. The van der Waals surface area contributed by atoms with Gasteiger partial charge in [-0.2, -0.15) is 0 Å². The molecule has 0 aromatic heterocycles. The Balaban J connectivity index is 1.67. The summed E-state index contributed by atoms with van der Waals surface area (Å²) < 4.78 is 0. The molecule has 0 aromatic carbocycles. The first-order chi connectivity index (χ1) is 15.5. The molecule has 2 unspecified atom stereocenters. The monoisotopic (exact) mass is 448 g/mol. The third-order valence-corrected chi connectivity index (χ3v) is 11.1. The van der Waals surface area contributed by atoms with Crippen molar-refractivity contribution in [2.75, 3.05) is 0 Å². The lowest BCUT2D eigenvalue weighted by atomic mass is 9.58. The number of hydrogen-bond acceptors (Lipinski definition) is 0. The van der Waals surface area contributed by atoms with Gasteiger partial charge in [0.1, 0.15) is 0 Å². The molecule has 0 nitrogen and oxygen atoms in total. The highest BCUT2D eigenvalue weighted by atomic mass is 14.5. The molecule has 2 fully saturated rings. The van der Waals surface area contributed by atoms with Crippen LogP contribution in [-0.4, -0.2) is 0 Å². The summed E-state index contributed by atoms with van der Waals surface area (Å²) in [5, 5.41) is 0. The van der Waals surface area contributed by atoms with E-state index < -0.39 is 0 Å². The van der Waals surface area contributed by atoms with Gasteiger partial charge in [0.25, 0.3) is 0 Å². The van der Waals surface area contributed by atoms with Gasteiger partial charge in [0.15, 0.2) is 0 Å². The maximum atomic E-state index is 2.78. The van der Waals surface area contributed by atoms with Crippen LogP contribution in [0, 0.1) is 34.5 Å². The third-order valence-electron chi connectivity index (χ3n) is 11.1. The van der Waals surface area contributed by atoms with E-state index in [0.717, 1.165) is 11.8 Å². The summed E-state index contributed by atoms with van der Waals surface area (Å²) in [6.07, 6.45) is 21.1. The van der Waals surface area contributed by atoms with Crippen LogP contribution in [0.25, 0.3) is 0 Å². The summed E-state index contributed by atoms with van der Waals surface area (Å²) in [7, 11) is 0. The zero-order chi connectivity index (χ0) is 24.0. The van der Waals surface area contributed by atoms with E-state index in [0.29, 0.717) is 11.8 Å². The molecule has 4 aliphatic rings. The van der Waals surface area contributed by atoms with E-state index in [1.165, 1.54) is 70.6 Å². The van der Waals surface area contributed by atoms with Crippen molar-refractivity contribution in [1.29, 1.82) is 0 Å². The smallest absolute Gasteiger partial charge is 0.00785 e. The molecule has 4 aliphatic carbocycles. The largest absolute Gasteiger partial charge is 0.0768 e. The Morgan fingerprint density at radius 3 is 1.24 bits per heavy atom. The van der Waals surface area contributed by atoms with Gasteiger partial charge >= 0.3 is 0 Å². The predicted molar refractivity (Wildman–Crippen MR) is 145 cm³/mol. The van der Waals surface area contributed by atoms with E-state index in [1.54, 1.807) is 33.4 Å². The number of rotatable bonds is 4. The molecule has 0 heterocycles. The second-order valence-corrected chi connectivity index (χ2v) is 13.3. The molecule has 0 heteroatoms. The summed E-state index contributed by atoms with van der Waals surface area (Å²) in [5.74, 6) is 2.89. The molecule has 2 saturated carbocycles. The maximum absolute atomic E-state index is 2.78. The van der Waals surface area contributed by atoms with E-state index in [1.807, 2.05) is 0 Å². The molecule has 33 heavy (non-hydrogen) atoms. The van der Waals surface area contributed by atoms with Gasteiger partial charge in [0.2, 0.25) is 0 Å². The van der Waals surface area contributed by atoms with Crippen molar-refractivity contribution in [2.45, 2.75) is 126 Å². The first kappa shape index (κ1) is 25.1. The fourth-order valence-electron chi connectivity index (χ4n) is 7.77. The molecular formula is C33H52. The third kappa shape index (κ3) is 4.62. The van der Waals surface area contributed by atoms with Gasteiger partial charge in [-0.3, -0.25) is 0 Å². The van der Waals surface area contributed by atoms with E-state index >= 15 is 0 Å². The minimum absolute atomic E-state index is 0.251. The Kier molecular flexibility index (Phi) is 7.25. The van der Waals surface area contributed by atoms with Crippen LogP contribution in [0.3, 0.4) is 0 Å². The van der Waals surface area contributed by atoms with Crippen molar-refractivity contribution in [1.82, 2.24) is 0 Å². The Hall–Kier alpha value is -1.04. The molecular weight excluding hydrogens is 396 g/mol. The molecule has 0 N–H and O–H groups in total. The summed E-state index contributed by atoms with van der Waals surface area (Å²) >= 11 is 0. The van der Waals surface area contributed by atoms with Crippen LogP contribution in [0.2, 0.25) is 0 Å². The van der Waals surface area contributed by atoms with Gasteiger partial charge < -0.3 is 0 Å². The highest BCUT2D eigenvalue weighted by molar-refractivity contribution is 5.45. The molecule has 0 aromatic rings. The summed E-state index contributed by atoms with van der Waals surface area (Å²) in [5.41, 5.74) is 10.5. The van der Waals surface area contributed by atoms with Crippen LogP contribution < -0.4 is 0 Å². The summed E-state index contributed by atoms with van der Waals surface area (Å²) in [6, 6.07) is 0. The van der Waals surface area contributed by atoms with Crippen LogP contribution in [-0.2, 0) is 0 Å². The van der Waals surface area contributed by atoms with Crippen molar-refractivity contribution in [3.8, 4) is 0 Å². The van der Waals surface area contributed by atoms with Gasteiger partial charge in [-0.25, -0.2) is 0 Å². The van der Waals surface area contributed by atoms with Gasteiger partial charge in [0, 0.05) is 0 Å². The number of allylic oxidation sites excluding steroid dienone is 8. The van der Waals surface area contributed by atoms with Crippen LogP contribution in [0.15, 0.2) is 45.6 Å². The number of hydrogen-bond donors (Lipinski definition) is 0. The summed E-state index contributed by atoms with van der Waals surface area (Å²) in [6.45, 7) is 19.9. The van der Waals surface area contributed by atoms with Crippen LogP contribution in [0.4, 0.5) is 0 Å². The average molecular weight is 449 g/mol. The SMILES string of the molecule is CC1=C(C)C(C)(C)C(CC2C=C(C3CCCCC3)C(C)=C(C)C2(C)C)C=C1C1CCCCC1. The van der Waals surface area contributed by atoms with Gasteiger partial charge in [-0.15, -0.1) is 0 Å². The van der Waals surface area contributed by atoms with E-state index in [2.05, 4.69) is 67.5 Å². The standard InChI is InChI=1S/C33H52/c1-22-24(3)32(5,6)28(20-30(22)26-15-11-9-12-16-26)19-29-21-31(27-17-13-10-14-18-27)23(2)25(4)33(29,7)8/h20-21,26-29H,9-19H2,1-8H3. The lowest BCUT2D eigenvalue weighted by Crippen LogP contribution is -2.36. The molecule has 0 radical (unpaired) electrons. The molecule has 184 valence electrons. The Morgan fingerprint density at radius 2 is 0.909 bits per heavy atom. The van der Waals surface area contributed by atoms with Gasteiger partial charge in [-0.1, -0.05) is 89.5 Å². The van der Waals surface area contributed by atoms with Crippen molar-refractivity contribution in [2.24, 2.45) is 34.5 Å². The van der Waals surface area contributed by atoms with Crippen LogP contribution >= 0.6 is 0 Å². The topological polar surface area (TPSA) is 0 Å². The Morgan fingerprint density at radius 1 is 0.576 bits per heavy atom. The second-order valence-electron chi connectivity index (χ2n) is 13.3. The van der Waals surface area contributed by atoms with E-state index in [-0.39, 0.29) is 10.8 Å². The molecule has 2 atom stereocenters. The van der Waals surface area contributed by atoms with Crippen molar-refractivity contribution in [3.63, 3.8) is 0 Å². The minimum atomic E-state index is 0.251. The Bertz CT molecular complexity index is 784. The van der Waals surface area contributed by atoms with Crippen molar-refractivity contribution < 1.29 is 0 Å². The van der Waals surface area contributed by atoms with Gasteiger partial charge in [-0.05, 0) is 117 Å². The zero-order valence-electron chi connectivity index (χ0n) is 23.2. The molecule has 0 bridgehead atoms. The fraction of sp³-hybridized carbons (Fsp3) is 0.758. The average Bonchev–Trinajstić information content (AvgIpc) is 2.81. The lowest BCUT2D eigenvalue weighted by molar-refractivity contribution is 0.203. The molecule has 0 spiro atoms. The van der Waals surface area contributed by atoms with E-state index in [9.17, 15) is 0 Å². The van der Waals surface area contributed by atoms with Crippen LogP contribution in [0.5, 0.6) is 0 Å². The van der Waals surface area contributed by atoms with Crippen LogP contribution in [0.1, 0.15) is 126 Å². The molecule has 4 rings (SSSR count). The fourth-order valence-corrected chi connectivity index (χ4v) is 7.77. The predicted octanol–water partition coefficient (Wildman–Crippen LogP) is 10.4. The summed E-state index contributed by atoms with van der Waals surface area (Å²) in [4.78, 5) is 0.